The normalized spacial score (nSPS) is 11.5. The third kappa shape index (κ3) is 6.52. The molecule has 0 aromatic heterocycles. The molecule has 198 valence electrons. The standard InChI is InChI=1S/C25H29N3O7S2/c1-18-9-12-22(13-10-18)37(32,33)28(23-16-21(34-3)11-14-24(23)35-4)17-25(29)26-19-7-6-8-20(15-19)27(2)36(5,30)31/h6-16H,17H2,1-5H3,(H,26,29). The number of nitrogens with zero attached hydrogens (tertiary/aromatic N) is 2. The molecule has 3 aromatic rings. The first-order valence-electron chi connectivity index (χ1n) is 11.0. The molecule has 0 saturated carbocycles. The Bertz CT molecular complexity index is 1490. The topological polar surface area (TPSA) is 122 Å². The average molecular weight is 548 g/mol. The van der Waals surface area contributed by atoms with Crippen LogP contribution < -0.4 is 23.4 Å². The molecule has 3 rings (SSSR count). The Hall–Kier alpha value is -3.77. The van der Waals surface area contributed by atoms with E-state index < -0.39 is 32.5 Å². The molecule has 12 heteroatoms. The number of hydrogen-bond donors (Lipinski definition) is 1. The maximum absolute atomic E-state index is 13.7. The first-order chi connectivity index (χ1) is 17.4. The summed E-state index contributed by atoms with van der Waals surface area (Å²) in [5, 5.41) is 2.65. The second kappa shape index (κ2) is 11.1. The molecule has 0 saturated heterocycles. The van der Waals surface area contributed by atoms with Crippen LogP contribution in [0.2, 0.25) is 0 Å². The van der Waals surface area contributed by atoms with Gasteiger partial charge in [-0.3, -0.25) is 13.4 Å². The zero-order valence-corrected chi connectivity index (χ0v) is 22.8. The van der Waals surface area contributed by atoms with E-state index in [1.807, 2.05) is 6.92 Å². The number of hydrogen-bond acceptors (Lipinski definition) is 7. The number of methoxy groups -OCH3 is 2. The van der Waals surface area contributed by atoms with Gasteiger partial charge in [-0.25, -0.2) is 16.8 Å². The first kappa shape index (κ1) is 27.8. The highest BCUT2D eigenvalue weighted by atomic mass is 32.2. The van der Waals surface area contributed by atoms with E-state index in [-0.39, 0.29) is 16.3 Å². The number of anilines is 3. The summed E-state index contributed by atoms with van der Waals surface area (Å²) in [6, 6.07) is 17.1. The van der Waals surface area contributed by atoms with Crippen LogP contribution in [-0.2, 0) is 24.8 Å². The molecule has 0 aliphatic rings. The molecule has 0 fully saturated rings. The predicted octanol–water partition coefficient (Wildman–Crippen LogP) is 3.24. The van der Waals surface area contributed by atoms with Crippen molar-refractivity contribution in [2.24, 2.45) is 0 Å². The third-order valence-corrected chi connectivity index (χ3v) is 8.52. The van der Waals surface area contributed by atoms with Crippen LogP contribution in [0.1, 0.15) is 5.56 Å². The van der Waals surface area contributed by atoms with Crippen molar-refractivity contribution < 1.29 is 31.1 Å². The van der Waals surface area contributed by atoms with Gasteiger partial charge in [-0.15, -0.1) is 0 Å². The highest BCUT2D eigenvalue weighted by Crippen LogP contribution is 2.35. The fourth-order valence-corrected chi connectivity index (χ4v) is 5.35. The van der Waals surface area contributed by atoms with E-state index in [0.29, 0.717) is 17.1 Å². The molecular weight excluding hydrogens is 518 g/mol. The number of ether oxygens (including phenoxy) is 2. The number of amides is 1. The van der Waals surface area contributed by atoms with Crippen molar-refractivity contribution >= 4 is 43.0 Å². The van der Waals surface area contributed by atoms with Crippen LogP contribution >= 0.6 is 0 Å². The van der Waals surface area contributed by atoms with E-state index in [4.69, 9.17) is 9.47 Å². The van der Waals surface area contributed by atoms with Crippen molar-refractivity contribution in [2.45, 2.75) is 11.8 Å². The van der Waals surface area contributed by atoms with Gasteiger partial charge >= 0.3 is 0 Å². The Morgan fingerprint density at radius 1 is 0.919 bits per heavy atom. The number of carbonyl (C=O) groups excluding carboxylic acids is 1. The Morgan fingerprint density at radius 3 is 2.19 bits per heavy atom. The molecule has 0 bridgehead atoms. The third-order valence-electron chi connectivity index (χ3n) is 5.54. The Balaban J connectivity index is 2.01. The minimum absolute atomic E-state index is 0.00690. The second-order valence-corrected chi connectivity index (χ2v) is 12.1. The van der Waals surface area contributed by atoms with Gasteiger partial charge in [-0.1, -0.05) is 23.8 Å². The van der Waals surface area contributed by atoms with E-state index >= 15 is 0 Å². The summed E-state index contributed by atoms with van der Waals surface area (Å²) < 4.78 is 63.9. The van der Waals surface area contributed by atoms with Crippen molar-refractivity contribution in [3.8, 4) is 11.5 Å². The maximum Gasteiger partial charge on any atom is 0.264 e. The molecule has 10 nitrogen and oxygen atoms in total. The van der Waals surface area contributed by atoms with Crippen LogP contribution in [0, 0.1) is 6.92 Å². The van der Waals surface area contributed by atoms with Gasteiger partial charge in [0.05, 0.1) is 36.7 Å². The highest BCUT2D eigenvalue weighted by molar-refractivity contribution is 7.93. The molecular formula is C25H29N3O7S2. The number of nitrogens with one attached hydrogen (secondary N) is 1. The van der Waals surface area contributed by atoms with Gasteiger partial charge in [0.1, 0.15) is 18.0 Å². The molecule has 0 unspecified atom stereocenters. The number of aryl methyl sites for hydroxylation is 1. The van der Waals surface area contributed by atoms with Crippen LogP contribution in [0.5, 0.6) is 11.5 Å². The van der Waals surface area contributed by atoms with Crippen LogP contribution in [0.15, 0.2) is 71.6 Å². The zero-order valence-electron chi connectivity index (χ0n) is 21.1. The number of rotatable bonds is 10. The fourth-order valence-electron chi connectivity index (χ4n) is 3.43. The van der Waals surface area contributed by atoms with Gasteiger partial charge in [0.15, 0.2) is 0 Å². The van der Waals surface area contributed by atoms with Crippen LogP contribution in [-0.4, -0.2) is 56.8 Å². The van der Waals surface area contributed by atoms with Gasteiger partial charge in [-0.05, 0) is 49.4 Å². The molecule has 0 atom stereocenters. The summed E-state index contributed by atoms with van der Waals surface area (Å²) in [7, 11) is -3.50. The lowest BCUT2D eigenvalue weighted by atomic mass is 10.2. The summed E-state index contributed by atoms with van der Waals surface area (Å²) >= 11 is 0. The van der Waals surface area contributed by atoms with Crippen molar-refractivity contribution in [3.05, 3.63) is 72.3 Å². The SMILES string of the molecule is COc1ccc(OC)c(N(CC(=O)Nc2cccc(N(C)S(C)(=O)=O)c2)S(=O)(=O)c2ccc(C)cc2)c1. The van der Waals surface area contributed by atoms with Crippen LogP contribution in [0.4, 0.5) is 17.1 Å². The summed E-state index contributed by atoms with van der Waals surface area (Å²) in [4.78, 5) is 13.1. The lowest BCUT2D eigenvalue weighted by molar-refractivity contribution is -0.114. The fraction of sp³-hybridized carbons (Fsp3) is 0.240. The number of sulfonamides is 2. The largest absolute Gasteiger partial charge is 0.497 e. The molecule has 37 heavy (non-hydrogen) atoms. The minimum Gasteiger partial charge on any atom is -0.497 e. The van der Waals surface area contributed by atoms with Crippen molar-refractivity contribution in [3.63, 3.8) is 0 Å². The average Bonchev–Trinajstić information content (AvgIpc) is 2.86. The zero-order chi connectivity index (χ0) is 27.4. The van der Waals surface area contributed by atoms with Crippen LogP contribution in [0.3, 0.4) is 0 Å². The van der Waals surface area contributed by atoms with Crippen molar-refractivity contribution in [1.82, 2.24) is 0 Å². The second-order valence-electron chi connectivity index (χ2n) is 8.19. The summed E-state index contributed by atoms with van der Waals surface area (Å²) in [6.45, 7) is 1.24. The van der Waals surface area contributed by atoms with Crippen molar-refractivity contribution in [2.75, 3.05) is 48.0 Å². The minimum atomic E-state index is -4.21. The number of carbonyl (C=O) groups is 1. The summed E-state index contributed by atoms with van der Waals surface area (Å²) in [5.74, 6) is -0.0578. The summed E-state index contributed by atoms with van der Waals surface area (Å²) in [6.07, 6.45) is 1.06. The number of benzene rings is 3. The van der Waals surface area contributed by atoms with E-state index in [1.54, 1.807) is 42.5 Å². The molecule has 0 aliphatic heterocycles. The van der Waals surface area contributed by atoms with Gasteiger partial charge in [-0.2, -0.15) is 0 Å². The van der Waals surface area contributed by atoms with Gasteiger partial charge < -0.3 is 14.8 Å². The van der Waals surface area contributed by atoms with Gasteiger partial charge in [0.2, 0.25) is 15.9 Å². The molecule has 3 aromatic carbocycles. The van der Waals surface area contributed by atoms with Gasteiger partial charge in [0, 0.05) is 18.8 Å². The molecule has 0 aliphatic carbocycles. The molecule has 1 N–H and O–H groups in total. The summed E-state index contributed by atoms with van der Waals surface area (Å²) in [5.41, 5.74) is 1.62. The monoisotopic (exact) mass is 547 g/mol. The predicted molar refractivity (Wildman–Crippen MR) is 144 cm³/mol. The Labute approximate surface area is 217 Å². The Morgan fingerprint density at radius 2 is 1.59 bits per heavy atom. The van der Waals surface area contributed by atoms with Crippen molar-refractivity contribution in [1.29, 1.82) is 0 Å². The Kier molecular flexibility index (Phi) is 8.34. The molecule has 0 spiro atoms. The lowest BCUT2D eigenvalue weighted by Gasteiger charge is -2.26. The molecule has 1 amide bonds. The molecule has 0 heterocycles. The smallest absolute Gasteiger partial charge is 0.264 e. The van der Waals surface area contributed by atoms with E-state index in [1.165, 1.54) is 45.5 Å². The maximum atomic E-state index is 13.7. The molecule has 0 radical (unpaired) electrons. The van der Waals surface area contributed by atoms with E-state index in [2.05, 4.69) is 5.32 Å². The van der Waals surface area contributed by atoms with Gasteiger partial charge in [0.25, 0.3) is 10.0 Å². The van der Waals surface area contributed by atoms with E-state index in [9.17, 15) is 21.6 Å². The first-order valence-corrected chi connectivity index (χ1v) is 14.3. The van der Waals surface area contributed by atoms with E-state index in [0.717, 1.165) is 20.4 Å². The lowest BCUT2D eigenvalue weighted by Crippen LogP contribution is -2.38. The van der Waals surface area contributed by atoms with Crippen LogP contribution in [0.25, 0.3) is 0 Å². The highest BCUT2D eigenvalue weighted by Gasteiger charge is 2.30. The quantitative estimate of drug-likeness (QED) is 0.413.